The number of aromatic nitrogens is 1. The molecule has 0 bridgehead atoms. The Hall–Kier alpha value is -3.94. The summed E-state index contributed by atoms with van der Waals surface area (Å²) in [6, 6.07) is 15.4. The summed E-state index contributed by atoms with van der Waals surface area (Å²) in [6.07, 6.45) is -0.603. The van der Waals surface area contributed by atoms with Crippen LogP contribution in [-0.2, 0) is 16.1 Å². The van der Waals surface area contributed by atoms with E-state index in [-0.39, 0.29) is 18.0 Å². The number of ether oxygens (including phenoxy) is 1. The number of fused-ring (bicyclic) bond motifs is 1. The number of para-hydroxylation sites is 1. The molecule has 0 fully saturated rings. The van der Waals surface area contributed by atoms with E-state index < -0.39 is 17.7 Å². The van der Waals surface area contributed by atoms with Gasteiger partial charge < -0.3 is 14.7 Å². The van der Waals surface area contributed by atoms with Gasteiger partial charge in [0.05, 0.1) is 23.3 Å². The predicted octanol–water partition coefficient (Wildman–Crippen LogP) is 4.83. The number of nitrogens with zero attached hydrogens (tertiary/aromatic N) is 2. The fraction of sp³-hybridized carbons (Fsp3) is 0.250. The summed E-state index contributed by atoms with van der Waals surface area (Å²) in [6.45, 7) is 6.88. The number of carbonyl (C=O) groups excluding carboxylic acids is 2. The number of aromatic carboxylic acids is 1. The molecular formula is C24H25N3O5. The minimum atomic E-state index is -1.11. The van der Waals surface area contributed by atoms with Gasteiger partial charge in [-0.25, -0.2) is 14.6 Å². The van der Waals surface area contributed by atoms with Crippen molar-refractivity contribution in [1.82, 2.24) is 4.98 Å². The standard InChI is InChI=1S/C24H25N3O5/c1-15(28)27(20-8-6-5-7-18(20)22(29)30)14-16-9-10-17-11-12-21(25-19(17)13-16)26-23(31)32-24(2,3)4/h5-13H,14H2,1-4H3,(H,29,30)(H,25,26,31). The van der Waals surface area contributed by atoms with E-state index in [1.54, 1.807) is 51.1 Å². The summed E-state index contributed by atoms with van der Waals surface area (Å²) >= 11 is 0. The lowest BCUT2D eigenvalue weighted by Crippen LogP contribution is -2.29. The van der Waals surface area contributed by atoms with Gasteiger partial charge in [0.1, 0.15) is 11.4 Å². The zero-order valence-corrected chi connectivity index (χ0v) is 18.4. The lowest BCUT2D eigenvalue weighted by molar-refractivity contribution is -0.116. The van der Waals surface area contributed by atoms with Gasteiger partial charge in [0, 0.05) is 12.3 Å². The molecule has 8 heteroatoms. The number of benzene rings is 2. The molecular weight excluding hydrogens is 410 g/mol. The van der Waals surface area contributed by atoms with Crippen molar-refractivity contribution in [2.45, 2.75) is 39.8 Å². The first kappa shape index (κ1) is 22.7. The molecule has 2 N–H and O–H groups in total. The highest BCUT2D eigenvalue weighted by Crippen LogP contribution is 2.25. The van der Waals surface area contributed by atoms with Gasteiger partial charge in [0.15, 0.2) is 0 Å². The van der Waals surface area contributed by atoms with Crippen molar-refractivity contribution in [2.24, 2.45) is 0 Å². The number of hydrogen-bond acceptors (Lipinski definition) is 5. The van der Waals surface area contributed by atoms with Crippen LogP contribution in [0.2, 0.25) is 0 Å². The third kappa shape index (κ3) is 5.60. The first-order valence-corrected chi connectivity index (χ1v) is 10.0. The monoisotopic (exact) mass is 435 g/mol. The van der Waals surface area contributed by atoms with Gasteiger partial charge in [0.2, 0.25) is 5.91 Å². The van der Waals surface area contributed by atoms with E-state index in [2.05, 4.69) is 10.3 Å². The summed E-state index contributed by atoms with van der Waals surface area (Å²) < 4.78 is 5.25. The van der Waals surface area contributed by atoms with E-state index in [0.717, 1.165) is 10.9 Å². The average Bonchev–Trinajstić information content (AvgIpc) is 2.70. The molecule has 0 aliphatic heterocycles. The fourth-order valence-corrected chi connectivity index (χ4v) is 3.18. The summed E-state index contributed by atoms with van der Waals surface area (Å²) in [5.41, 5.74) is 1.11. The summed E-state index contributed by atoms with van der Waals surface area (Å²) in [5.74, 6) is -1.06. The SMILES string of the molecule is CC(=O)N(Cc1ccc2ccc(NC(=O)OC(C)(C)C)nc2c1)c1ccccc1C(=O)O. The summed E-state index contributed by atoms with van der Waals surface area (Å²) in [4.78, 5) is 41.8. The first-order valence-electron chi connectivity index (χ1n) is 10.0. The molecule has 0 saturated carbocycles. The number of carbonyl (C=O) groups is 3. The second kappa shape index (κ2) is 9.05. The van der Waals surface area contributed by atoms with Gasteiger partial charge >= 0.3 is 12.1 Å². The van der Waals surface area contributed by atoms with Crippen LogP contribution in [0.5, 0.6) is 0 Å². The molecule has 1 heterocycles. The first-order chi connectivity index (χ1) is 15.0. The Kier molecular flexibility index (Phi) is 6.43. The molecule has 0 unspecified atom stereocenters. The van der Waals surface area contributed by atoms with Crippen molar-refractivity contribution in [3.63, 3.8) is 0 Å². The Labute approximate surface area is 185 Å². The Morgan fingerprint density at radius 3 is 2.41 bits per heavy atom. The maximum atomic E-state index is 12.3. The number of hydrogen-bond donors (Lipinski definition) is 2. The minimum Gasteiger partial charge on any atom is -0.478 e. The molecule has 1 aromatic heterocycles. The van der Waals surface area contributed by atoms with Crippen LogP contribution in [0.25, 0.3) is 10.9 Å². The van der Waals surface area contributed by atoms with Crippen LogP contribution < -0.4 is 10.2 Å². The van der Waals surface area contributed by atoms with Gasteiger partial charge in [-0.15, -0.1) is 0 Å². The van der Waals surface area contributed by atoms with Gasteiger partial charge in [-0.3, -0.25) is 10.1 Å². The molecule has 2 amide bonds. The number of carboxylic acid groups (broad SMARTS) is 1. The summed E-state index contributed by atoms with van der Waals surface area (Å²) in [5, 5.41) is 12.9. The normalized spacial score (nSPS) is 11.1. The van der Waals surface area contributed by atoms with Crippen LogP contribution in [-0.4, -0.2) is 33.7 Å². The number of nitrogens with one attached hydrogen (secondary N) is 1. The van der Waals surface area contributed by atoms with Crippen LogP contribution in [0.3, 0.4) is 0 Å². The van der Waals surface area contributed by atoms with Crippen molar-refractivity contribution in [2.75, 3.05) is 10.2 Å². The summed E-state index contributed by atoms with van der Waals surface area (Å²) in [7, 11) is 0. The lowest BCUT2D eigenvalue weighted by atomic mass is 10.1. The van der Waals surface area contributed by atoms with Crippen LogP contribution in [0, 0.1) is 0 Å². The second-order valence-corrected chi connectivity index (χ2v) is 8.28. The molecule has 8 nitrogen and oxygen atoms in total. The number of anilines is 2. The number of pyridine rings is 1. The van der Waals surface area contributed by atoms with E-state index in [4.69, 9.17) is 4.74 Å². The quantitative estimate of drug-likeness (QED) is 0.594. The van der Waals surface area contributed by atoms with Crippen LogP contribution in [0.1, 0.15) is 43.6 Å². The molecule has 2 aromatic carbocycles. The minimum absolute atomic E-state index is 0.0467. The van der Waals surface area contributed by atoms with Crippen molar-refractivity contribution in [1.29, 1.82) is 0 Å². The Bertz CT molecular complexity index is 1180. The van der Waals surface area contributed by atoms with Gasteiger partial charge in [-0.2, -0.15) is 0 Å². The maximum absolute atomic E-state index is 12.3. The van der Waals surface area contributed by atoms with E-state index in [1.807, 2.05) is 18.2 Å². The lowest BCUT2D eigenvalue weighted by Gasteiger charge is -2.23. The van der Waals surface area contributed by atoms with Crippen LogP contribution >= 0.6 is 0 Å². The van der Waals surface area contributed by atoms with E-state index >= 15 is 0 Å². The van der Waals surface area contributed by atoms with Crippen molar-refractivity contribution in [3.8, 4) is 0 Å². The zero-order valence-electron chi connectivity index (χ0n) is 18.4. The van der Waals surface area contributed by atoms with Crippen molar-refractivity contribution in [3.05, 3.63) is 65.7 Å². The fourth-order valence-electron chi connectivity index (χ4n) is 3.18. The maximum Gasteiger partial charge on any atom is 0.413 e. The molecule has 166 valence electrons. The highest BCUT2D eigenvalue weighted by molar-refractivity contribution is 6.01. The molecule has 0 saturated heterocycles. The van der Waals surface area contributed by atoms with E-state index in [1.165, 1.54) is 17.9 Å². The molecule has 0 aliphatic rings. The number of amides is 2. The second-order valence-electron chi connectivity index (χ2n) is 8.28. The number of rotatable bonds is 5. The topological polar surface area (TPSA) is 109 Å². The molecule has 32 heavy (non-hydrogen) atoms. The van der Waals surface area contributed by atoms with Crippen molar-refractivity contribution >= 4 is 40.4 Å². The molecule has 0 aliphatic carbocycles. The smallest absolute Gasteiger partial charge is 0.413 e. The Balaban J connectivity index is 1.89. The van der Waals surface area contributed by atoms with Crippen LogP contribution in [0.15, 0.2) is 54.6 Å². The average molecular weight is 435 g/mol. The predicted molar refractivity (Wildman–Crippen MR) is 122 cm³/mol. The zero-order chi connectivity index (χ0) is 23.5. The molecule has 3 rings (SSSR count). The third-order valence-electron chi connectivity index (χ3n) is 4.53. The van der Waals surface area contributed by atoms with E-state index in [0.29, 0.717) is 17.0 Å². The highest BCUT2D eigenvalue weighted by atomic mass is 16.6. The number of carboxylic acids is 1. The van der Waals surface area contributed by atoms with Crippen LogP contribution in [0.4, 0.5) is 16.3 Å². The molecule has 0 spiro atoms. The molecule has 3 aromatic rings. The largest absolute Gasteiger partial charge is 0.478 e. The van der Waals surface area contributed by atoms with Gasteiger partial charge in [-0.1, -0.05) is 24.3 Å². The molecule has 0 atom stereocenters. The Morgan fingerprint density at radius 1 is 1.06 bits per heavy atom. The van der Waals surface area contributed by atoms with Gasteiger partial charge in [-0.05, 0) is 56.7 Å². The van der Waals surface area contributed by atoms with Crippen molar-refractivity contribution < 1.29 is 24.2 Å². The third-order valence-corrected chi connectivity index (χ3v) is 4.53. The molecule has 0 radical (unpaired) electrons. The van der Waals surface area contributed by atoms with E-state index in [9.17, 15) is 19.5 Å². The Morgan fingerprint density at radius 2 is 1.75 bits per heavy atom. The highest BCUT2D eigenvalue weighted by Gasteiger charge is 2.20. The van der Waals surface area contributed by atoms with Gasteiger partial charge in [0.25, 0.3) is 0 Å².